The first-order valence-corrected chi connectivity index (χ1v) is 7.54. The van der Waals surface area contributed by atoms with E-state index in [0.717, 1.165) is 26.1 Å². The monoisotopic (exact) mass is 290 g/mol. The lowest BCUT2D eigenvalue weighted by atomic mass is 9.80. The molecule has 20 heavy (non-hydrogen) atoms. The van der Waals surface area contributed by atoms with Gasteiger partial charge in [-0.3, -0.25) is 4.79 Å². The molecule has 3 fully saturated rings. The van der Waals surface area contributed by atoms with Crippen LogP contribution in [-0.2, 0) is 4.79 Å². The highest BCUT2D eigenvalue weighted by Gasteiger charge is 2.46. The molecule has 0 bridgehead atoms. The van der Waals surface area contributed by atoms with Crippen LogP contribution in [0.1, 0.15) is 32.1 Å². The SMILES string of the molecule is O=C(C1CCCC(C(F)(F)F)C1)N1CC[C@H]2CNC[C@H]21. The summed E-state index contributed by atoms with van der Waals surface area (Å²) in [4.78, 5) is 14.4. The average Bonchev–Trinajstić information content (AvgIpc) is 2.99. The maximum Gasteiger partial charge on any atom is 0.391 e. The average molecular weight is 290 g/mol. The molecule has 1 amide bonds. The lowest BCUT2D eigenvalue weighted by molar-refractivity contribution is -0.187. The number of carbonyl (C=O) groups excluding carboxylic acids is 1. The van der Waals surface area contributed by atoms with E-state index in [1.807, 2.05) is 4.90 Å². The van der Waals surface area contributed by atoms with Crippen LogP contribution in [0.2, 0.25) is 0 Å². The van der Waals surface area contributed by atoms with Crippen LogP contribution < -0.4 is 5.32 Å². The van der Waals surface area contributed by atoms with Gasteiger partial charge in [-0.05, 0) is 31.6 Å². The van der Waals surface area contributed by atoms with Crippen molar-refractivity contribution < 1.29 is 18.0 Å². The van der Waals surface area contributed by atoms with Crippen molar-refractivity contribution in [3.63, 3.8) is 0 Å². The van der Waals surface area contributed by atoms with E-state index in [1.165, 1.54) is 0 Å². The summed E-state index contributed by atoms with van der Waals surface area (Å²) in [5, 5.41) is 3.27. The molecular formula is C14H21F3N2O. The Morgan fingerprint density at radius 2 is 1.95 bits per heavy atom. The summed E-state index contributed by atoms with van der Waals surface area (Å²) >= 11 is 0. The van der Waals surface area contributed by atoms with Crippen LogP contribution in [0.3, 0.4) is 0 Å². The van der Waals surface area contributed by atoms with Crippen LogP contribution in [0.25, 0.3) is 0 Å². The number of nitrogens with one attached hydrogen (secondary N) is 1. The topological polar surface area (TPSA) is 32.3 Å². The van der Waals surface area contributed by atoms with Crippen molar-refractivity contribution in [1.29, 1.82) is 0 Å². The summed E-state index contributed by atoms with van der Waals surface area (Å²) in [5.41, 5.74) is 0. The highest BCUT2D eigenvalue weighted by Crippen LogP contribution is 2.41. The van der Waals surface area contributed by atoms with Crippen LogP contribution >= 0.6 is 0 Å². The first-order chi connectivity index (χ1) is 9.47. The van der Waals surface area contributed by atoms with E-state index in [2.05, 4.69) is 5.32 Å². The van der Waals surface area contributed by atoms with Gasteiger partial charge in [-0.15, -0.1) is 0 Å². The zero-order valence-corrected chi connectivity index (χ0v) is 11.5. The Kier molecular flexibility index (Phi) is 3.69. The fraction of sp³-hybridized carbons (Fsp3) is 0.929. The van der Waals surface area contributed by atoms with E-state index in [-0.39, 0.29) is 24.8 Å². The number of nitrogens with zero attached hydrogens (tertiary/aromatic N) is 1. The van der Waals surface area contributed by atoms with Gasteiger partial charge in [-0.1, -0.05) is 6.42 Å². The Bertz CT molecular complexity index is 385. The summed E-state index contributed by atoms with van der Waals surface area (Å²) in [6.45, 7) is 2.46. The highest BCUT2D eigenvalue weighted by atomic mass is 19.4. The predicted molar refractivity (Wildman–Crippen MR) is 68.0 cm³/mol. The third-order valence-electron chi connectivity index (χ3n) is 5.21. The van der Waals surface area contributed by atoms with Crippen molar-refractivity contribution in [2.24, 2.45) is 17.8 Å². The lowest BCUT2D eigenvalue weighted by Crippen LogP contribution is -2.44. The molecule has 2 aliphatic heterocycles. The second-order valence-corrected chi connectivity index (χ2v) is 6.41. The van der Waals surface area contributed by atoms with Gasteiger partial charge in [0.05, 0.1) is 5.92 Å². The number of hydrogen-bond donors (Lipinski definition) is 1. The van der Waals surface area contributed by atoms with Crippen molar-refractivity contribution in [2.45, 2.75) is 44.3 Å². The van der Waals surface area contributed by atoms with E-state index >= 15 is 0 Å². The number of halogens is 3. The third kappa shape index (κ3) is 2.54. The van der Waals surface area contributed by atoms with Gasteiger partial charge in [0.15, 0.2) is 0 Å². The minimum absolute atomic E-state index is 0.0103. The van der Waals surface area contributed by atoms with Crippen molar-refractivity contribution in [3.8, 4) is 0 Å². The smallest absolute Gasteiger partial charge is 0.338 e. The zero-order valence-electron chi connectivity index (χ0n) is 11.5. The lowest BCUT2D eigenvalue weighted by Gasteiger charge is -2.34. The molecule has 114 valence electrons. The second kappa shape index (κ2) is 5.20. The molecule has 2 saturated heterocycles. The van der Waals surface area contributed by atoms with Gasteiger partial charge in [0, 0.05) is 31.6 Å². The van der Waals surface area contributed by atoms with Gasteiger partial charge in [0.25, 0.3) is 0 Å². The minimum Gasteiger partial charge on any atom is -0.338 e. The number of fused-ring (bicyclic) bond motifs is 1. The molecule has 3 rings (SSSR count). The van der Waals surface area contributed by atoms with E-state index in [4.69, 9.17) is 0 Å². The number of carbonyl (C=O) groups is 1. The molecule has 0 aromatic heterocycles. The second-order valence-electron chi connectivity index (χ2n) is 6.41. The molecule has 1 saturated carbocycles. The van der Waals surface area contributed by atoms with Gasteiger partial charge in [0.2, 0.25) is 5.91 Å². The fourth-order valence-corrected chi connectivity index (χ4v) is 4.07. The maximum absolute atomic E-state index is 12.8. The van der Waals surface area contributed by atoms with E-state index in [9.17, 15) is 18.0 Å². The highest BCUT2D eigenvalue weighted by molar-refractivity contribution is 5.79. The molecule has 4 atom stereocenters. The first kappa shape index (κ1) is 14.2. The fourth-order valence-electron chi connectivity index (χ4n) is 4.07. The van der Waals surface area contributed by atoms with Crippen molar-refractivity contribution >= 4 is 5.91 Å². The number of amides is 1. The summed E-state index contributed by atoms with van der Waals surface area (Å²) in [6, 6.07) is 0.216. The standard InChI is InChI=1S/C14H21F3N2O/c15-14(16,17)11-3-1-2-9(6-11)13(20)19-5-4-10-7-18-8-12(10)19/h9-12,18H,1-8H2/t9?,10-,11?,12+/m0/s1. The Morgan fingerprint density at radius 3 is 2.70 bits per heavy atom. The van der Waals surface area contributed by atoms with Crippen LogP contribution in [0, 0.1) is 17.8 Å². The molecule has 3 nitrogen and oxygen atoms in total. The molecule has 2 unspecified atom stereocenters. The van der Waals surface area contributed by atoms with Crippen molar-refractivity contribution in [2.75, 3.05) is 19.6 Å². The Balaban J connectivity index is 1.65. The van der Waals surface area contributed by atoms with Gasteiger partial charge in [-0.2, -0.15) is 13.2 Å². The molecule has 0 radical (unpaired) electrons. The molecule has 0 spiro atoms. The molecule has 2 heterocycles. The predicted octanol–water partition coefficient (Wildman–Crippen LogP) is 2.18. The summed E-state index contributed by atoms with van der Waals surface area (Å²) in [5.74, 6) is -1.24. The molecule has 1 N–H and O–H groups in total. The molecule has 3 aliphatic rings. The van der Waals surface area contributed by atoms with Crippen molar-refractivity contribution in [3.05, 3.63) is 0 Å². The molecule has 0 aromatic carbocycles. The number of rotatable bonds is 1. The first-order valence-electron chi connectivity index (χ1n) is 7.54. The number of hydrogen-bond acceptors (Lipinski definition) is 2. The van der Waals surface area contributed by atoms with Crippen LogP contribution in [0.15, 0.2) is 0 Å². The summed E-state index contributed by atoms with van der Waals surface area (Å²) < 4.78 is 38.5. The zero-order chi connectivity index (χ0) is 14.3. The van der Waals surface area contributed by atoms with Crippen LogP contribution in [0.4, 0.5) is 13.2 Å². The largest absolute Gasteiger partial charge is 0.391 e. The third-order valence-corrected chi connectivity index (χ3v) is 5.21. The van der Waals surface area contributed by atoms with Crippen LogP contribution in [-0.4, -0.2) is 42.7 Å². The van der Waals surface area contributed by atoms with Crippen molar-refractivity contribution in [1.82, 2.24) is 10.2 Å². The quantitative estimate of drug-likeness (QED) is 0.803. The van der Waals surface area contributed by atoms with E-state index < -0.39 is 18.0 Å². The van der Waals surface area contributed by atoms with Gasteiger partial charge in [0.1, 0.15) is 0 Å². The van der Waals surface area contributed by atoms with Gasteiger partial charge < -0.3 is 10.2 Å². The maximum atomic E-state index is 12.8. The number of alkyl halides is 3. The number of likely N-dealkylation sites (tertiary alicyclic amines) is 1. The summed E-state index contributed by atoms with van der Waals surface area (Å²) in [7, 11) is 0. The van der Waals surface area contributed by atoms with Crippen LogP contribution in [0.5, 0.6) is 0 Å². The van der Waals surface area contributed by atoms with E-state index in [1.54, 1.807) is 0 Å². The molecular weight excluding hydrogens is 269 g/mol. The van der Waals surface area contributed by atoms with E-state index in [0.29, 0.717) is 18.8 Å². The molecule has 1 aliphatic carbocycles. The Hall–Kier alpha value is -0.780. The normalized spacial score (nSPS) is 38.0. The minimum atomic E-state index is -4.15. The Morgan fingerprint density at radius 1 is 1.15 bits per heavy atom. The summed E-state index contributed by atoms with van der Waals surface area (Å²) in [6.07, 6.45) is -1.86. The van der Waals surface area contributed by atoms with Gasteiger partial charge in [-0.25, -0.2) is 0 Å². The molecule has 6 heteroatoms. The molecule has 0 aromatic rings. The van der Waals surface area contributed by atoms with Gasteiger partial charge >= 0.3 is 6.18 Å². The Labute approximate surface area is 116 Å².